The molecule has 0 spiro atoms. The molecule has 33 heavy (non-hydrogen) atoms. The van der Waals surface area contributed by atoms with Gasteiger partial charge in [-0.1, -0.05) is 62.4 Å². The Hall–Kier alpha value is -3.67. The molecule has 6 nitrogen and oxygen atoms in total. The van der Waals surface area contributed by atoms with Crippen LogP contribution >= 0.6 is 0 Å². The minimum Gasteiger partial charge on any atom is -0.481 e. The van der Waals surface area contributed by atoms with Crippen molar-refractivity contribution in [1.82, 2.24) is 9.88 Å². The van der Waals surface area contributed by atoms with Crippen LogP contribution in [0.2, 0.25) is 0 Å². The molecule has 0 fully saturated rings. The molecule has 0 radical (unpaired) electrons. The molecule has 0 aliphatic rings. The van der Waals surface area contributed by atoms with Gasteiger partial charge in [0.25, 0.3) is 5.56 Å². The number of benzene rings is 2. The second-order valence-electron chi connectivity index (χ2n) is 8.69. The third-order valence-corrected chi connectivity index (χ3v) is 5.62. The van der Waals surface area contributed by atoms with E-state index in [-0.39, 0.29) is 23.8 Å². The smallest absolute Gasteiger partial charge is 0.305 e. The zero-order valence-corrected chi connectivity index (χ0v) is 19.2. The minimum atomic E-state index is -1.01. The van der Waals surface area contributed by atoms with Gasteiger partial charge in [-0.2, -0.15) is 0 Å². The molecule has 1 amide bonds. The summed E-state index contributed by atoms with van der Waals surface area (Å²) in [5.41, 5.74) is 3.54. The van der Waals surface area contributed by atoms with Gasteiger partial charge in [-0.15, -0.1) is 0 Å². The van der Waals surface area contributed by atoms with E-state index in [1.807, 2.05) is 69.3 Å². The Morgan fingerprint density at radius 3 is 2.39 bits per heavy atom. The summed E-state index contributed by atoms with van der Waals surface area (Å²) < 4.78 is 1.41. The van der Waals surface area contributed by atoms with Crippen LogP contribution < -0.4 is 10.9 Å². The lowest BCUT2D eigenvalue weighted by Crippen LogP contribution is -2.39. The largest absolute Gasteiger partial charge is 0.481 e. The Morgan fingerprint density at radius 1 is 1.00 bits per heavy atom. The molecule has 1 heterocycles. The van der Waals surface area contributed by atoms with Crippen LogP contribution in [0.15, 0.2) is 77.7 Å². The SMILES string of the molecule is Cc1ccccc1-c1cccc([C@H](CC(=O)O)NC(=O)[C@@H](CC(C)C)n2ccccc2=O)c1. The Balaban J connectivity index is 1.95. The van der Waals surface area contributed by atoms with Crippen LogP contribution in [-0.2, 0) is 9.59 Å². The lowest BCUT2D eigenvalue weighted by Gasteiger charge is -2.25. The summed E-state index contributed by atoms with van der Waals surface area (Å²) >= 11 is 0. The summed E-state index contributed by atoms with van der Waals surface area (Å²) in [7, 11) is 0. The monoisotopic (exact) mass is 446 g/mol. The summed E-state index contributed by atoms with van der Waals surface area (Å²) in [5, 5.41) is 12.4. The van der Waals surface area contributed by atoms with Gasteiger partial charge in [0.2, 0.25) is 5.91 Å². The van der Waals surface area contributed by atoms with Crippen molar-refractivity contribution in [3.05, 3.63) is 94.4 Å². The minimum absolute atomic E-state index is 0.162. The predicted octanol–water partition coefficient (Wildman–Crippen LogP) is 4.74. The number of amides is 1. The van der Waals surface area contributed by atoms with Crippen molar-refractivity contribution in [2.24, 2.45) is 5.92 Å². The predicted molar refractivity (Wildman–Crippen MR) is 129 cm³/mol. The van der Waals surface area contributed by atoms with Gasteiger partial charge in [0.15, 0.2) is 0 Å². The van der Waals surface area contributed by atoms with E-state index in [9.17, 15) is 19.5 Å². The molecule has 3 rings (SSSR count). The molecule has 1 aromatic heterocycles. The quantitative estimate of drug-likeness (QED) is 0.497. The molecule has 0 saturated heterocycles. The number of pyridine rings is 1. The van der Waals surface area contributed by atoms with Gasteiger partial charge in [0.1, 0.15) is 6.04 Å². The summed E-state index contributed by atoms with van der Waals surface area (Å²) in [4.78, 5) is 37.4. The Kier molecular flexibility index (Phi) is 7.83. The number of nitrogens with one attached hydrogen (secondary N) is 1. The van der Waals surface area contributed by atoms with Crippen molar-refractivity contribution in [1.29, 1.82) is 0 Å². The Bertz CT molecular complexity index is 1180. The van der Waals surface area contributed by atoms with Crippen molar-refractivity contribution < 1.29 is 14.7 Å². The number of carbonyl (C=O) groups excluding carboxylic acids is 1. The van der Waals surface area contributed by atoms with Gasteiger partial charge in [0, 0.05) is 12.3 Å². The average Bonchev–Trinajstić information content (AvgIpc) is 2.77. The first-order valence-corrected chi connectivity index (χ1v) is 11.1. The maximum absolute atomic E-state index is 13.3. The number of carboxylic acids is 1. The number of hydrogen-bond donors (Lipinski definition) is 2. The van der Waals surface area contributed by atoms with Gasteiger partial charge in [-0.3, -0.25) is 14.4 Å². The highest BCUT2D eigenvalue weighted by Crippen LogP contribution is 2.28. The van der Waals surface area contributed by atoms with E-state index in [0.717, 1.165) is 16.7 Å². The molecule has 2 N–H and O–H groups in total. The lowest BCUT2D eigenvalue weighted by molar-refractivity contribution is -0.138. The molecule has 6 heteroatoms. The third-order valence-electron chi connectivity index (χ3n) is 5.62. The van der Waals surface area contributed by atoms with E-state index >= 15 is 0 Å². The first-order chi connectivity index (χ1) is 15.8. The van der Waals surface area contributed by atoms with Gasteiger partial charge < -0.3 is 15.0 Å². The number of carbonyl (C=O) groups is 2. The van der Waals surface area contributed by atoms with E-state index in [4.69, 9.17) is 0 Å². The van der Waals surface area contributed by atoms with Crippen LogP contribution in [0.4, 0.5) is 0 Å². The van der Waals surface area contributed by atoms with E-state index in [0.29, 0.717) is 12.0 Å². The lowest BCUT2D eigenvalue weighted by atomic mass is 9.95. The third kappa shape index (κ3) is 6.19. The van der Waals surface area contributed by atoms with E-state index in [2.05, 4.69) is 5.32 Å². The number of rotatable bonds is 9. The van der Waals surface area contributed by atoms with Crippen molar-refractivity contribution in [2.75, 3.05) is 0 Å². The van der Waals surface area contributed by atoms with Gasteiger partial charge in [0.05, 0.1) is 12.5 Å². The van der Waals surface area contributed by atoms with Crippen molar-refractivity contribution in [2.45, 2.75) is 45.7 Å². The maximum Gasteiger partial charge on any atom is 0.305 e. The highest BCUT2D eigenvalue weighted by Gasteiger charge is 2.26. The van der Waals surface area contributed by atoms with Crippen molar-refractivity contribution in [3.63, 3.8) is 0 Å². The maximum atomic E-state index is 13.3. The summed E-state index contributed by atoms with van der Waals surface area (Å²) in [6.45, 7) is 5.98. The molecule has 0 aliphatic carbocycles. The molecular weight excluding hydrogens is 416 g/mol. The summed E-state index contributed by atoms with van der Waals surface area (Å²) in [6.07, 6.45) is 1.79. The second-order valence-corrected chi connectivity index (χ2v) is 8.69. The second kappa shape index (κ2) is 10.8. The number of nitrogens with zero attached hydrogens (tertiary/aromatic N) is 1. The zero-order chi connectivity index (χ0) is 24.0. The molecule has 3 aromatic rings. The molecule has 2 atom stereocenters. The van der Waals surface area contributed by atoms with Gasteiger partial charge in [-0.25, -0.2) is 0 Å². The number of aromatic nitrogens is 1. The van der Waals surface area contributed by atoms with E-state index in [1.54, 1.807) is 18.3 Å². The van der Waals surface area contributed by atoms with Gasteiger partial charge >= 0.3 is 5.97 Å². The number of aliphatic carboxylic acids is 1. The van der Waals surface area contributed by atoms with Crippen LogP contribution in [-0.4, -0.2) is 21.6 Å². The molecule has 0 aliphatic heterocycles. The highest BCUT2D eigenvalue weighted by atomic mass is 16.4. The van der Waals surface area contributed by atoms with E-state index < -0.39 is 18.1 Å². The summed E-state index contributed by atoms with van der Waals surface area (Å²) in [5.74, 6) is -1.22. The zero-order valence-electron chi connectivity index (χ0n) is 19.2. The fraction of sp³-hybridized carbons (Fsp3) is 0.296. The Morgan fingerprint density at radius 2 is 1.73 bits per heavy atom. The molecule has 172 valence electrons. The molecule has 2 aromatic carbocycles. The van der Waals surface area contributed by atoms with Crippen LogP contribution in [0.25, 0.3) is 11.1 Å². The van der Waals surface area contributed by atoms with Crippen molar-refractivity contribution >= 4 is 11.9 Å². The van der Waals surface area contributed by atoms with Crippen LogP contribution in [0.5, 0.6) is 0 Å². The normalized spacial score (nSPS) is 12.8. The fourth-order valence-corrected chi connectivity index (χ4v) is 4.01. The summed E-state index contributed by atoms with van der Waals surface area (Å²) in [6, 6.07) is 18.8. The van der Waals surface area contributed by atoms with Gasteiger partial charge in [-0.05, 0) is 53.6 Å². The van der Waals surface area contributed by atoms with Crippen LogP contribution in [0.3, 0.4) is 0 Å². The molecular formula is C27H30N2O4. The van der Waals surface area contributed by atoms with Crippen molar-refractivity contribution in [3.8, 4) is 11.1 Å². The van der Waals surface area contributed by atoms with Crippen LogP contribution in [0.1, 0.15) is 49.9 Å². The van der Waals surface area contributed by atoms with Crippen LogP contribution in [0, 0.1) is 12.8 Å². The molecule has 0 unspecified atom stereocenters. The average molecular weight is 447 g/mol. The fourth-order valence-electron chi connectivity index (χ4n) is 4.01. The molecule has 0 saturated carbocycles. The highest BCUT2D eigenvalue weighted by molar-refractivity contribution is 5.82. The topological polar surface area (TPSA) is 88.4 Å². The number of carboxylic acid groups (broad SMARTS) is 1. The first-order valence-electron chi connectivity index (χ1n) is 11.1. The Labute approximate surface area is 193 Å². The standard InChI is InChI=1S/C27H30N2O4/c1-18(2)15-24(29-14-7-6-13-25(29)30)27(33)28-23(17-26(31)32)21-11-8-10-20(16-21)22-12-5-4-9-19(22)3/h4-14,16,18,23-24H,15,17H2,1-3H3,(H,28,33)(H,31,32)/t23-,24+/m0/s1. The first kappa shape index (κ1) is 24.0. The molecule has 0 bridgehead atoms. The van der Waals surface area contributed by atoms with E-state index in [1.165, 1.54) is 10.6 Å². The number of aryl methyl sites for hydroxylation is 1. The number of hydrogen-bond acceptors (Lipinski definition) is 3.